The summed E-state index contributed by atoms with van der Waals surface area (Å²) < 4.78 is 6.00. The zero-order chi connectivity index (χ0) is 11.7. The number of aromatic nitrogens is 2. The quantitative estimate of drug-likeness (QED) is 0.657. The number of ether oxygens (including phenoxy) is 1. The van der Waals surface area contributed by atoms with Crippen LogP contribution in [0.5, 0.6) is 0 Å². The van der Waals surface area contributed by atoms with Crippen LogP contribution in [0.4, 0.5) is 11.5 Å². The molecule has 0 bridgehead atoms. The third-order valence-electron chi connectivity index (χ3n) is 2.50. The van der Waals surface area contributed by atoms with Gasteiger partial charge in [0.25, 0.3) is 5.56 Å². The van der Waals surface area contributed by atoms with Crippen molar-refractivity contribution in [2.45, 2.75) is 12.5 Å². The van der Waals surface area contributed by atoms with Gasteiger partial charge < -0.3 is 10.5 Å². The van der Waals surface area contributed by atoms with E-state index in [1.165, 1.54) is 0 Å². The number of aromatic amines is 1. The van der Waals surface area contributed by atoms with Gasteiger partial charge in [0.2, 0.25) is 5.69 Å². The lowest BCUT2D eigenvalue weighted by Crippen LogP contribution is -2.38. The van der Waals surface area contributed by atoms with Crippen molar-refractivity contribution in [1.82, 2.24) is 9.55 Å². The molecule has 0 aromatic carbocycles. The average molecular weight is 226 g/mol. The van der Waals surface area contributed by atoms with Crippen LogP contribution < -0.4 is 17.0 Å². The molecule has 8 nitrogen and oxygen atoms in total. The smallest absolute Gasteiger partial charge is 0.330 e. The van der Waals surface area contributed by atoms with Crippen LogP contribution >= 0.6 is 0 Å². The van der Waals surface area contributed by atoms with E-state index in [0.29, 0.717) is 13.0 Å². The molecule has 2 rings (SSSR count). The van der Waals surface area contributed by atoms with E-state index in [1.54, 1.807) is 0 Å². The summed E-state index contributed by atoms with van der Waals surface area (Å²) in [6.45, 7) is 0.746. The van der Waals surface area contributed by atoms with Gasteiger partial charge in [-0.3, -0.25) is 14.3 Å². The number of hydrogen-bond acceptors (Lipinski definition) is 6. The van der Waals surface area contributed by atoms with Crippen molar-refractivity contribution in [3.05, 3.63) is 25.7 Å². The third-order valence-corrected chi connectivity index (χ3v) is 2.50. The lowest BCUT2D eigenvalue weighted by atomic mass is 10.2. The van der Waals surface area contributed by atoms with E-state index in [9.17, 15) is 14.5 Å². The van der Waals surface area contributed by atoms with Gasteiger partial charge in [0.05, 0.1) is 12.6 Å². The van der Waals surface area contributed by atoms with Gasteiger partial charge in [-0.15, -0.1) is 4.91 Å². The highest BCUT2D eigenvalue weighted by Gasteiger charge is 2.23. The molecule has 1 aromatic rings. The molecule has 0 aliphatic carbocycles. The molecule has 1 atom stereocenters. The zero-order valence-corrected chi connectivity index (χ0v) is 8.30. The zero-order valence-electron chi connectivity index (χ0n) is 8.30. The number of nitrogens with one attached hydrogen (secondary N) is 1. The van der Waals surface area contributed by atoms with Crippen LogP contribution in [-0.4, -0.2) is 22.8 Å². The molecule has 1 saturated heterocycles. The third kappa shape index (κ3) is 1.52. The summed E-state index contributed by atoms with van der Waals surface area (Å²) in [4.78, 5) is 35.9. The summed E-state index contributed by atoms with van der Waals surface area (Å²) in [5, 5.41) is 2.52. The van der Waals surface area contributed by atoms with Crippen LogP contribution in [0.25, 0.3) is 0 Å². The molecule has 0 spiro atoms. The highest BCUT2D eigenvalue weighted by molar-refractivity contribution is 5.54. The topological polar surface area (TPSA) is 120 Å². The Kier molecular flexibility index (Phi) is 2.57. The minimum absolute atomic E-state index is 0.269. The van der Waals surface area contributed by atoms with Gasteiger partial charge in [-0.05, 0) is 11.6 Å². The number of nitrogen functional groups attached to an aromatic ring is 1. The fourth-order valence-corrected chi connectivity index (χ4v) is 1.70. The Morgan fingerprint density at radius 2 is 2.25 bits per heavy atom. The molecule has 1 aliphatic heterocycles. The molecular formula is C8H10N4O4. The average Bonchev–Trinajstić information content (AvgIpc) is 2.70. The number of hydrogen-bond donors (Lipinski definition) is 2. The number of H-pyrrole nitrogens is 1. The molecule has 86 valence electrons. The molecular weight excluding hydrogens is 216 g/mol. The molecule has 0 amide bonds. The minimum atomic E-state index is -0.772. The first-order valence-corrected chi connectivity index (χ1v) is 4.70. The molecule has 1 aliphatic rings. The maximum absolute atomic E-state index is 11.7. The SMILES string of the molecule is Nc1[nH]c(=O)n(C2CCOC2)c(=O)c1N=O. The second-order valence-corrected chi connectivity index (χ2v) is 3.48. The lowest BCUT2D eigenvalue weighted by Gasteiger charge is -2.10. The van der Waals surface area contributed by atoms with Gasteiger partial charge in [0, 0.05) is 6.61 Å². The van der Waals surface area contributed by atoms with E-state index in [-0.39, 0.29) is 18.5 Å². The molecule has 2 heterocycles. The van der Waals surface area contributed by atoms with Gasteiger partial charge in [-0.2, -0.15) is 0 Å². The number of nitroso groups, excluding NO2 is 1. The number of nitrogens with zero attached hydrogens (tertiary/aromatic N) is 2. The molecule has 8 heteroatoms. The second kappa shape index (κ2) is 3.89. The van der Waals surface area contributed by atoms with Crippen molar-refractivity contribution in [2.24, 2.45) is 5.18 Å². The molecule has 1 fully saturated rings. The summed E-state index contributed by atoms with van der Waals surface area (Å²) in [5.74, 6) is -0.305. The largest absolute Gasteiger partial charge is 0.383 e. The predicted molar refractivity (Wildman–Crippen MR) is 55.7 cm³/mol. The summed E-state index contributed by atoms with van der Waals surface area (Å²) in [6.07, 6.45) is 0.547. The van der Waals surface area contributed by atoms with Crippen molar-refractivity contribution in [3.63, 3.8) is 0 Å². The summed E-state index contributed by atoms with van der Waals surface area (Å²) >= 11 is 0. The Morgan fingerprint density at radius 1 is 1.50 bits per heavy atom. The van der Waals surface area contributed by atoms with Crippen molar-refractivity contribution in [3.8, 4) is 0 Å². The molecule has 1 unspecified atom stereocenters. The molecule has 3 N–H and O–H groups in total. The van der Waals surface area contributed by atoms with Crippen LogP contribution in [-0.2, 0) is 4.74 Å². The normalized spacial score (nSPS) is 19.9. The van der Waals surface area contributed by atoms with E-state index in [4.69, 9.17) is 10.5 Å². The van der Waals surface area contributed by atoms with E-state index >= 15 is 0 Å². The van der Waals surface area contributed by atoms with Crippen LogP contribution in [0, 0.1) is 4.91 Å². The minimum Gasteiger partial charge on any atom is -0.383 e. The fraction of sp³-hybridized carbons (Fsp3) is 0.500. The van der Waals surface area contributed by atoms with E-state index in [0.717, 1.165) is 4.57 Å². The van der Waals surface area contributed by atoms with E-state index < -0.39 is 16.9 Å². The summed E-state index contributed by atoms with van der Waals surface area (Å²) in [7, 11) is 0. The number of rotatable bonds is 2. The molecule has 0 saturated carbocycles. The van der Waals surface area contributed by atoms with Gasteiger partial charge in [-0.25, -0.2) is 4.79 Å². The molecule has 0 radical (unpaired) electrons. The van der Waals surface area contributed by atoms with Crippen LogP contribution in [0.2, 0.25) is 0 Å². The van der Waals surface area contributed by atoms with Gasteiger partial charge in [0.1, 0.15) is 5.82 Å². The van der Waals surface area contributed by atoms with Gasteiger partial charge in [-0.1, -0.05) is 0 Å². The monoisotopic (exact) mass is 226 g/mol. The first-order chi connectivity index (χ1) is 7.65. The molecule has 1 aromatic heterocycles. The van der Waals surface area contributed by atoms with Gasteiger partial charge >= 0.3 is 5.69 Å². The Bertz CT molecular complexity index is 526. The Balaban J connectivity index is 2.65. The van der Waals surface area contributed by atoms with Crippen molar-refractivity contribution >= 4 is 11.5 Å². The highest BCUT2D eigenvalue weighted by Crippen LogP contribution is 2.17. The Hall–Kier alpha value is -1.96. The maximum atomic E-state index is 11.7. The van der Waals surface area contributed by atoms with Crippen molar-refractivity contribution in [1.29, 1.82) is 0 Å². The van der Waals surface area contributed by atoms with Crippen LogP contribution in [0.15, 0.2) is 14.8 Å². The second-order valence-electron chi connectivity index (χ2n) is 3.48. The summed E-state index contributed by atoms with van der Waals surface area (Å²) in [6, 6.07) is -0.364. The van der Waals surface area contributed by atoms with E-state index in [1.807, 2.05) is 0 Å². The predicted octanol–water partition coefficient (Wildman–Crippen LogP) is -0.522. The van der Waals surface area contributed by atoms with Crippen LogP contribution in [0.3, 0.4) is 0 Å². The van der Waals surface area contributed by atoms with E-state index in [2.05, 4.69) is 10.2 Å². The van der Waals surface area contributed by atoms with Crippen molar-refractivity contribution < 1.29 is 4.74 Å². The summed E-state index contributed by atoms with van der Waals surface area (Å²) in [5.41, 5.74) is 3.42. The molecule has 16 heavy (non-hydrogen) atoms. The van der Waals surface area contributed by atoms with Crippen LogP contribution in [0.1, 0.15) is 12.5 Å². The number of nitrogens with two attached hydrogens (primary N) is 1. The lowest BCUT2D eigenvalue weighted by molar-refractivity contribution is 0.185. The highest BCUT2D eigenvalue weighted by atomic mass is 16.5. The van der Waals surface area contributed by atoms with Gasteiger partial charge in [0.15, 0.2) is 0 Å². The Labute approximate surface area is 89.0 Å². The first-order valence-electron chi connectivity index (χ1n) is 4.70. The maximum Gasteiger partial charge on any atom is 0.330 e. The van der Waals surface area contributed by atoms with Crippen molar-refractivity contribution in [2.75, 3.05) is 18.9 Å². The first kappa shape index (κ1) is 10.6. The number of anilines is 1. The standard InChI is InChI=1S/C8H10N4O4/c9-6-5(11-15)7(13)12(8(14)10-6)4-1-2-16-3-4/h4H,1-3,9H2,(H,10,14). The fourth-order valence-electron chi connectivity index (χ4n) is 1.70. The Morgan fingerprint density at radius 3 is 2.81 bits per heavy atom.